The summed E-state index contributed by atoms with van der Waals surface area (Å²) < 4.78 is 0. The number of hydrogen-bond donors (Lipinski definition) is 0. The average Bonchev–Trinajstić information content (AvgIpc) is 2.74. The zero-order valence-electron chi connectivity index (χ0n) is 15.4. The van der Waals surface area contributed by atoms with Gasteiger partial charge in [-0.3, -0.25) is 15.1 Å². The van der Waals surface area contributed by atoms with Crippen LogP contribution in [0.2, 0.25) is 0 Å². The first-order valence-corrected chi connectivity index (χ1v) is 8.99. The van der Waals surface area contributed by atoms with E-state index in [0.717, 1.165) is 33.4 Å². The Kier molecular flexibility index (Phi) is 4.68. The number of pyridine rings is 1. The fourth-order valence-electron chi connectivity index (χ4n) is 3.53. The highest BCUT2D eigenvalue weighted by atomic mass is 16.6. The number of rotatable bonds is 4. The molecular weight excluding hydrogens is 348 g/mol. The van der Waals surface area contributed by atoms with Crippen LogP contribution in [0.1, 0.15) is 5.56 Å². The van der Waals surface area contributed by atoms with E-state index in [4.69, 9.17) is 0 Å². The van der Waals surface area contributed by atoms with E-state index in [0.29, 0.717) is 5.56 Å². The van der Waals surface area contributed by atoms with E-state index >= 15 is 0 Å². The standard InChI is InChI=1S/C24H18N2O2/c1-17-14-20(18-8-4-2-5-9-18)15-22(19-10-6-3-7-11-19)24(17)21-12-13-25-16-23(21)26(27)28/h2-16H,1H3. The Labute approximate surface area is 163 Å². The van der Waals surface area contributed by atoms with E-state index in [9.17, 15) is 10.1 Å². The zero-order valence-corrected chi connectivity index (χ0v) is 15.4. The van der Waals surface area contributed by atoms with Gasteiger partial charge in [-0.25, -0.2) is 0 Å². The third kappa shape index (κ3) is 3.28. The molecule has 28 heavy (non-hydrogen) atoms. The van der Waals surface area contributed by atoms with Crippen LogP contribution in [0.5, 0.6) is 0 Å². The summed E-state index contributed by atoms with van der Waals surface area (Å²) in [6.07, 6.45) is 2.91. The van der Waals surface area contributed by atoms with Crippen LogP contribution in [0.25, 0.3) is 33.4 Å². The van der Waals surface area contributed by atoms with Crippen LogP contribution >= 0.6 is 0 Å². The predicted molar refractivity (Wildman–Crippen MR) is 112 cm³/mol. The molecule has 0 aliphatic carbocycles. The van der Waals surface area contributed by atoms with E-state index in [2.05, 4.69) is 29.2 Å². The van der Waals surface area contributed by atoms with Crippen molar-refractivity contribution in [1.29, 1.82) is 0 Å². The fourth-order valence-corrected chi connectivity index (χ4v) is 3.53. The lowest BCUT2D eigenvalue weighted by molar-refractivity contribution is -0.384. The van der Waals surface area contributed by atoms with Gasteiger partial charge in [-0.15, -0.1) is 0 Å². The van der Waals surface area contributed by atoms with Gasteiger partial charge >= 0.3 is 0 Å². The van der Waals surface area contributed by atoms with E-state index in [1.54, 1.807) is 12.3 Å². The Morgan fingerprint density at radius 2 is 1.43 bits per heavy atom. The molecule has 3 aromatic carbocycles. The number of nitrogens with zero attached hydrogens (tertiary/aromatic N) is 2. The number of aryl methyl sites for hydroxylation is 1. The molecule has 0 amide bonds. The molecule has 0 aliphatic heterocycles. The SMILES string of the molecule is Cc1cc(-c2ccccc2)cc(-c2ccccc2)c1-c1ccncc1[N+](=O)[O-]. The Morgan fingerprint density at radius 1 is 0.786 bits per heavy atom. The summed E-state index contributed by atoms with van der Waals surface area (Å²) in [7, 11) is 0. The van der Waals surface area contributed by atoms with Crippen molar-refractivity contribution < 1.29 is 4.92 Å². The van der Waals surface area contributed by atoms with Crippen LogP contribution in [-0.4, -0.2) is 9.91 Å². The molecule has 1 heterocycles. The van der Waals surface area contributed by atoms with Crippen LogP contribution in [0, 0.1) is 17.0 Å². The summed E-state index contributed by atoms with van der Waals surface area (Å²) in [4.78, 5) is 15.2. The molecule has 4 nitrogen and oxygen atoms in total. The first-order chi connectivity index (χ1) is 13.6. The molecule has 136 valence electrons. The summed E-state index contributed by atoms with van der Waals surface area (Å²) in [6, 6.07) is 26.0. The summed E-state index contributed by atoms with van der Waals surface area (Å²) in [5, 5.41) is 11.6. The van der Waals surface area contributed by atoms with Crippen LogP contribution in [0.4, 0.5) is 5.69 Å². The van der Waals surface area contributed by atoms with Gasteiger partial charge in [0.2, 0.25) is 0 Å². The number of aromatic nitrogens is 1. The molecule has 0 spiro atoms. The topological polar surface area (TPSA) is 56.0 Å². The Balaban J connectivity index is 2.03. The normalized spacial score (nSPS) is 10.6. The van der Waals surface area contributed by atoms with Crippen molar-refractivity contribution in [2.45, 2.75) is 6.92 Å². The highest BCUT2D eigenvalue weighted by molar-refractivity contribution is 5.92. The van der Waals surface area contributed by atoms with Gasteiger partial charge in [0, 0.05) is 6.20 Å². The Bertz CT molecular complexity index is 1140. The molecule has 0 N–H and O–H groups in total. The van der Waals surface area contributed by atoms with Gasteiger partial charge in [0.05, 0.1) is 10.5 Å². The second-order valence-electron chi connectivity index (χ2n) is 6.60. The number of benzene rings is 3. The summed E-state index contributed by atoms with van der Waals surface area (Å²) in [5.74, 6) is 0. The minimum Gasteiger partial charge on any atom is -0.258 e. The number of hydrogen-bond acceptors (Lipinski definition) is 3. The van der Waals surface area contributed by atoms with Crippen LogP contribution in [-0.2, 0) is 0 Å². The van der Waals surface area contributed by atoms with Crippen LogP contribution in [0.3, 0.4) is 0 Å². The third-order valence-electron chi connectivity index (χ3n) is 4.79. The summed E-state index contributed by atoms with van der Waals surface area (Å²) in [5.41, 5.74) is 6.61. The van der Waals surface area contributed by atoms with E-state index in [1.165, 1.54) is 6.20 Å². The smallest absolute Gasteiger partial charge is 0.258 e. The molecule has 4 heteroatoms. The van der Waals surface area contributed by atoms with Crippen molar-refractivity contribution in [3.8, 4) is 33.4 Å². The molecule has 0 bridgehead atoms. The van der Waals surface area contributed by atoms with Crippen molar-refractivity contribution in [1.82, 2.24) is 4.98 Å². The molecule has 0 saturated carbocycles. The van der Waals surface area contributed by atoms with E-state index in [-0.39, 0.29) is 10.6 Å². The molecule has 0 unspecified atom stereocenters. The van der Waals surface area contributed by atoms with Crippen molar-refractivity contribution >= 4 is 5.69 Å². The highest BCUT2D eigenvalue weighted by Gasteiger charge is 2.21. The van der Waals surface area contributed by atoms with Gasteiger partial charge in [-0.05, 0) is 52.4 Å². The lowest BCUT2D eigenvalue weighted by Crippen LogP contribution is -1.97. The van der Waals surface area contributed by atoms with Crippen LogP contribution in [0.15, 0.2) is 91.3 Å². The average molecular weight is 366 g/mol. The third-order valence-corrected chi connectivity index (χ3v) is 4.79. The monoisotopic (exact) mass is 366 g/mol. The van der Waals surface area contributed by atoms with Gasteiger partial charge in [0.1, 0.15) is 6.20 Å². The van der Waals surface area contributed by atoms with E-state index < -0.39 is 0 Å². The van der Waals surface area contributed by atoms with E-state index in [1.807, 2.05) is 55.5 Å². The van der Waals surface area contributed by atoms with Gasteiger partial charge in [-0.2, -0.15) is 0 Å². The molecule has 4 aromatic rings. The van der Waals surface area contributed by atoms with Crippen molar-refractivity contribution in [3.05, 3.63) is 107 Å². The molecule has 1 aromatic heterocycles. The molecule has 0 atom stereocenters. The maximum Gasteiger partial charge on any atom is 0.295 e. The second-order valence-corrected chi connectivity index (χ2v) is 6.60. The molecule has 0 fully saturated rings. The molecule has 0 radical (unpaired) electrons. The maximum atomic E-state index is 11.6. The highest BCUT2D eigenvalue weighted by Crippen LogP contribution is 2.41. The quantitative estimate of drug-likeness (QED) is 0.314. The van der Waals surface area contributed by atoms with Crippen molar-refractivity contribution in [2.75, 3.05) is 0 Å². The van der Waals surface area contributed by atoms with Gasteiger partial charge < -0.3 is 0 Å². The first-order valence-electron chi connectivity index (χ1n) is 8.99. The predicted octanol–water partition coefficient (Wildman–Crippen LogP) is 6.30. The summed E-state index contributed by atoms with van der Waals surface area (Å²) in [6.45, 7) is 2.00. The fraction of sp³-hybridized carbons (Fsp3) is 0.0417. The van der Waals surface area contributed by atoms with Gasteiger partial charge in [-0.1, -0.05) is 66.7 Å². The van der Waals surface area contributed by atoms with Gasteiger partial charge in [0.25, 0.3) is 5.69 Å². The minimum atomic E-state index is -0.373. The van der Waals surface area contributed by atoms with Crippen LogP contribution < -0.4 is 0 Å². The largest absolute Gasteiger partial charge is 0.295 e. The molecule has 0 aliphatic rings. The molecule has 4 rings (SSSR count). The Hall–Kier alpha value is -3.79. The Morgan fingerprint density at radius 3 is 2.07 bits per heavy atom. The van der Waals surface area contributed by atoms with Crippen molar-refractivity contribution in [3.63, 3.8) is 0 Å². The lowest BCUT2D eigenvalue weighted by atomic mass is 9.87. The lowest BCUT2D eigenvalue weighted by Gasteiger charge is -2.16. The summed E-state index contributed by atoms with van der Waals surface area (Å²) >= 11 is 0. The minimum absolute atomic E-state index is 0.00948. The molecular formula is C24H18N2O2. The number of nitro groups is 1. The second kappa shape index (κ2) is 7.45. The first kappa shape index (κ1) is 17.6. The zero-order chi connectivity index (χ0) is 19.5. The van der Waals surface area contributed by atoms with Gasteiger partial charge in [0.15, 0.2) is 0 Å². The van der Waals surface area contributed by atoms with Crippen molar-refractivity contribution in [2.24, 2.45) is 0 Å². The molecule has 0 saturated heterocycles. The maximum absolute atomic E-state index is 11.6.